The standard InChI is InChI=1S/C14H13FN4O/c15-11-6-7-13-17-14(18-19(13)9-11)16-8-12(20)10-4-2-1-3-5-10/h1-7,9,12,20H,8H2,(H,16,18). The lowest BCUT2D eigenvalue weighted by atomic mass is 10.1. The second-order valence-electron chi connectivity index (χ2n) is 4.39. The first-order valence-corrected chi connectivity index (χ1v) is 6.21. The molecule has 102 valence electrons. The van der Waals surface area contributed by atoms with Crippen LogP contribution in [-0.4, -0.2) is 26.2 Å². The summed E-state index contributed by atoms with van der Waals surface area (Å²) >= 11 is 0. The van der Waals surface area contributed by atoms with Gasteiger partial charge in [-0.15, -0.1) is 5.10 Å². The maximum absolute atomic E-state index is 13.0. The SMILES string of the molecule is OC(CNc1nc2ccc(F)cn2n1)c1ccccc1. The molecule has 0 saturated carbocycles. The molecule has 2 heterocycles. The summed E-state index contributed by atoms with van der Waals surface area (Å²) in [4.78, 5) is 4.18. The first-order chi connectivity index (χ1) is 9.72. The second kappa shape index (κ2) is 5.26. The van der Waals surface area contributed by atoms with Crippen LogP contribution in [-0.2, 0) is 0 Å². The van der Waals surface area contributed by atoms with Crippen LogP contribution >= 0.6 is 0 Å². The summed E-state index contributed by atoms with van der Waals surface area (Å²) in [6, 6.07) is 12.2. The molecule has 1 atom stereocenters. The normalized spacial score (nSPS) is 12.5. The van der Waals surface area contributed by atoms with E-state index in [1.54, 1.807) is 6.07 Å². The Morgan fingerprint density at radius 3 is 2.80 bits per heavy atom. The maximum atomic E-state index is 13.0. The van der Waals surface area contributed by atoms with Gasteiger partial charge in [0.2, 0.25) is 5.95 Å². The van der Waals surface area contributed by atoms with Gasteiger partial charge in [-0.05, 0) is 17.7 Å². The van der Waals surface area contributed by atoms with Gasteiger partial charge in [-0.25, -0.2) is 8.91 Å². The molecule has 6 heteroatoms. The van der Waals surface area contributed by atoms with E-state index in [9.17, 15) is 9.50 Å². The summed E-state index contributed by atoms with van der Waals surface area (Å²) in [5.41, 5.74) is 1.36. The minimum atomic E-state index is -0.653. The van der Waals surface area contributed by atoms with E-state index in [2.05, 4.69) is 15.4 Å². The van der Waals surface area contributed by atoms with Gasteiger partial charge in [0.25, 0.3) is 0 Å². The first kappa shape index (κ1) is 12.6. The zero-order chi connectivity index (χ0) is 13.9. The van der Waals surface area contributed by atoms with E-state index < -0.39 is 6.10 Å². The summed E-state index contributed by atoms with van der Waals surface area (Å²) in [6.07, 6.45) is 0.598. The van der Waals surface area contributed by atoms with Gasteiger partial charge in [0.15, 0.2) is 5.65 Å². The van der Waals surface area contributed by atoms with Crippen molar-refractivity contribution in [1.29, 1.82) is 0 Å². The predicted octanol–water partition coefficient (Wildman–Crippen LogP) is 2.01. The van der Waals surface area contributed by atoms with E-state index in [4.69, 9.17) is 0 Å². The van der Waals surface area contributed by atoms with E-state index in [1.807, 2.05) is 30.3 Å². The molecular weight excluding hydrogens is 259 g/mol. The quantitative estimate of drug-likeness (QED) is 0.762. The number of hydrogen-bond acceptors (Lipinski definition) is 4. The van der Waals surface area contributed by atoms with E-state index >= 15 is 0 Å². The number of rotatable bonds is 4. The summed E-state index contributed by atoms with van der Waals surface area (Å²) < 4.78 is 14.4. The molecule has 0 aliphatic carbocycles. The Labute approximate surface area is 114 Å². The average molecular weight is 272 g/mol. The smallest absolute Gasteiger partial charge is 0.243 e. The van der Waals surface area contributed by atoms with Gasteiger partial charge in [0.05, 0.1) is 12.3 Å². The molecule has 3 rings (SSSR count). The van der Waals surface area contributed by atoms with Crippen molar-refractivity contribution in [2.45, 2.75) is 6.10 Å². The highest BCUT2D eigenvalue weighted by molar-refractivity contribution is 5.43. The van der Waals surface area contributed by atoms with Crippen LogP contribution in [0.4, 0.5) is 10.3 Å². The van der Waals surface area contributed by atoms with Crippen LogP contribution in [0.15, 0.2) is 48.7 Å². The molecule has 0 aliphatic heterocycles. The molecule has 2 N–H and O–H groups in total. The maximum Gasteiger partial charge on any atom is 0.243 e. The number of aromatic nitrogens is 3. The third-order valence-electron chi connectivity index (χ3n) is 2.93. The number of aliphatic hydroxyl groups excluding tert-OH is 1. The molecule has 1 unspecified atom stereocenters. The molecule has 3 aromatic rings. The number of nitrogens with one attached hydrogen (secondary N) is 1. The molecule has 1 aromatic carbocycles. The number of fused-ring (bicyclic) bond motifs is 1. The second-order valence-corrected chi connectivity index (χ2v) is 4.39. The number of halogens is 1. The van der Waals surface area contributed by atoms with Crippen molar-refractivity contribution in [1.82, 2.24) is 14.6 Å². The predicted molar refractivity (Wildman–Crippen MR) is 72.8 cm³/mol. The third kappa shape index (κ3) is 2.60. The van der Waals surface area contributed by atoms with Crippen molar-refractivity contribution in [2.24, 2.45) is 0 Å². The summed E-state index contributed by atoms with van der Waals surface area (Å²) in [5.74, 6) is -0.0242. The van der Waals surface area contributed by atoms with Gasteiger partial charge >= 0.3 is 0 Å². The van der Waals surface area contributed by atoms with Crippen molar-refractivity contribution in [3.05, 3.63) is 60.0 Å². The van der Waals surface area contributed by atoms with E-state index in [-0.39, 0.29) is 12.4 Å². The Morgan fingerprint density at radius 2 is 2.00 bits per heavy atom. The molecule has 0 bridgehead atoms. The molecular formula is C14H13FN4O. The van der Waals surface area contributed by atoms with Gasteiger partial charge in [-0.2, -0.15) is 4.98 Å². The molecule has 0 aliphatic rings. The zero-order valence-electron chi connectivity index (χ0n) is 10.6. The highest BCUT2D eigenvalue weighted by Gasteiger charge is 2.09. The molecule has 0 saturated heterocycles. The molecule has 0 spiro atoms. The molecule has 0 fully saturated rings. The molecule has 0 amide bonds. The Bertz CT molecular complexity index is 714. The number of aliphatic hydroxyl groups is 1. The third-order valence-corrected chi connectivity index (χ3v) is 2.93. The van der Waals surface area contributed by atoms with Crippen molar-refractivity contribution in [3.8, 4) is 0 Å². The topological polar surface area (TPSA) is 62.5 Å². The van der Waals surface area contributed by atoms with Crippen molar-refractivity contribution < 1.29 is 9.50 Å². The van der Waals surface area contributed by atoms with Crippen LogP contribution in [0.25, 0.3) is 5.65 Å². The van der Waals surface area contributed by atoms with E-state index in [0.717, 1.165) is 5.56 Å². The number of hydrogen-bond donors (Lipinski definition) is 2. The fourth-order valence-electron chi connectivity index (χ4n) is 1.91. The molecule has 5 nitrogen and oxygen atoms in total. The summed E-state index contributed by atoms with van der Waals surface area (Å²) in [7, 11) is 0. The number of benzene rings is 1. The minimum Gasteiger partial charge on any atom is -0.387 e. The minimum absolute atomic E-state index is 0.281. The van der Waals surface area contributed by atoms with Crippen LogP contribution in [0, 0.1) is 5.82 Å². The number of anilines is 1. The highest BCUT2D eigenvalue weighted by Crippen LogP contribution is 2.13. The van der Waals surface area contributed by atoms with Crippen LogP contribution < -0.4 is 5.32 Å². The van der Waals surface area contributed by atoms with Gasteiger partial charge in [-0.1, -0.05) is 30.3 Å². The average Bonchev–Trinajstić information content (AvgIpc) is 2.87. The van der Waals surface area contributed by atoms with Crippen molar-refractivity contribution in [3.63, 3.8) is 0 Å². The number of pyridine rings is 1. The van der Waals surface area contributed by atoms with Gasteiger partial charge in [0, 0.05) is 6.54 Å². The van der Waals surface area contributed by atoms with Gasteiger partial charge in [0.1, 0.15) is 5.82 Å². The lowest BCUT2D eigenvalue weighted by Gasteiger charge is -2.10. The van der Waals surface area contributed by atoms with Crippen LogP contribution in [0.3, 0.4) is 0 Å². The van der Waals surface area contributed by atoms with Crippen molar-refractivity contribution >= 4 is 11.6 Å². The highest BCUT2D eigenvalue weighted by atomic mass is 19.1. The zero-order valence-corrected chi connectivity index (χ0v) is 10.6. The largest absolute Gasteiger partial charge is 0.387 e. The molecule has 0 radical (unpaired) electrons. The fraction of sp³-hybridized carbons (Fsp3) is 0.143. The van der Waals surface area contributed by atoms with Gasteiger partial charge < -0.3 is 10.4 Å². The Balaban J connectivity index is 1.71. The van der Waals surface area contributed by atoms with Crippen LogP contribution in [0.5, 0.6) is 0 Å². The first-order valence-electron chi connectivity index (χ1n) is 6.21. The Kier molecular flexibility index (Phi) is 3.30. The van der Waals surface area contributed by atoms with E-state index in [0.29, 0.717) is 11.6 Å². The van der Waals surface area contributed by atoms with Crippen LogP contribution in [0.2, 0.25) is 0 Å². The lowest BCUT2D eigenvalue weighted by Crippen LogP contribution is -2.12. The Morgan fingerprint density at radius 1 is 1.20 bits per heavy atom. The molecule has 20 heavy (non-hydrogen) atoms. The molecule has 2 aromatic heterocycles. The fourth-order valence-corrected chi connectivity index (χ4v) is 1.91. The van der Waals surface area contributed by atoms with Crippen molar-refractivity contribution in [2.75, 3.05) is 11.9 Å². The summed E-state index contributed by atoms with van der Waals surface area (Å²) in [5, 5.41) is 17.0. The Hall–Kier alpha value is -2.47. The number of nitrogens with zero attached hydrogens (tertiary/aromatic N) is 3. The summed E-state index contributed by atoms with van der Waals surface area (Å²) in [6.45, 7) is 0.281. The van der Waals surface area contributed by atoms with Gasteiger partial charge in [-0.3, -0.25) is 0 Å². The monoisotopic (exact) mass is 272 g/mol. The lowest BCUT2D eigenvalue weighted by molar-refractivity contribution is 0.191. The van der Waals surface area contributed by atoms with Crippen LogP contribution in [0.1, 0.15) is 11.7 Å². The van der Waals surface area contributed by atoms with E-state index in [1.165, 1.54) is 16.8 Å².